The van der Waals surface area contributed by atoms with Crippen molar-refractivity contribution in [3.8, 4) is 0 Å². The van der Waals surface area contributed by atoms with Crippen LogP contribution in [0, 0.1) is 0 Å². The first-order chi connectivity index (χ1) is 7.29. The molecule has 0 unspecified atom stereocenters. The van der Waals surface area contributed by atoms with E-state index in [1.54, 1.807) is 4.68 Å². The lowest BCUT2D eigenvalue weighted by atomic mass is 10.9. The third-order valence-electron chi connectivity index (χ3n) is 1.59. The molecule has 0 radical (unpaired) electrons. The van der Waals surface area contributed by atoms with Gasteiger partial charge in [0.15, 0.2) is 0 Å². The predicted molar refractivity (Wildman–Crippen MR) is 57.8 cm³/mol. The van der Waals surface area contributed by atoms with Crippen molar-refractivity contribution in [3.63, 3.8) is 0 Å². The maximum Gasteiger partial charge on any atom is 0.209 e. The molecule has 9 heteroatoms. The zero-order valence-electron chi connectivity index (χ0n) is 8.21. The number of rotatable bonds is 4. The molecule has 0 bridgehead atoms. The van der Waals surface area contributed by atoms with Crippen LogP contribution in [0.2, 0.25) is 0 Å². The number of hydrogen-bond donors (Lipinski definition) is 1. The minimum Gasteiger partial charge on any atom is -0.363 e. The van der Waals surface area contributed by atoms with Gasteiger partial charge in [0.05, 0.1) is 5.75 Å². The maximum atomic E-state index is 4.02. The van der Waals surface area contributed by atoms with Crippen molar-refractivity contribution in [3.05, 3.63) is 5.01 Å². The first-order valence-electron chi connectivity index (χ1n) is 4.15. The molecule has 80 valence electrons. The van der Waals surface area contributed by atoms with Crippen molar-refractivity contribution >= 4 is 28.2 Å². The fraction of sp³-hybridized carbons (Fsp3) is 0.500. The molecule has 1 N–H and O–H groups in total. The Balaban J connectivity index is 1.96. The molecule has 2 heterocycles. The van der Waals surface area contributed by atoms with E-state index in [0.717, 1.165) is 21.0 Å². The lowest BCUT2D eigenvalue weighted by Crippen LogP contribution is -1.93. The molecule has 0 saturated carbocycles. The van der Waals surface area contributed by atoms with Crippen molar-refractivity contribution in [1.29, 1.82) is 0 Å². The standard InChI is InChI=1S/C6H9N7S2/c1-7-5-9-8-4(15-5)3-14-6-10-11-12-13(6)2/h3H2,1-2H3,(H,7,9). The molecule has 0 aromatic carbocycles. The Hall–Kier alpha value is -1.22. The lowest BCUT2D eigenvalue weighted by Gasteiger charge is -1.94. The van der Waals surface area contributed by atoms with Crippen molar-refractivity contribution in [2.24, 2.45) is 7.05 Å². The number of hydrogen-bond acceptors (Lipinski definition) is 8. The van der Waals surface area contributed by atoms with E-state index < -0.39 is 0 Å². The average Bonchev–Trinajstić information content (AvgIpc) is 2.84. The molecule has 0 aliphatic heterocycles. The quantitative estimate of drug-likeness (QED) is 0.778. The molecule has 0 saturated heterocycles. The van der Waals surface area contributed by atoms with Gasteiger partial charge in [-0.25, -0.2) is 4.68 Å². The molecule has 0 amide bonds. The second-order valence-corrected chi connectivity index (χ2v) is 4.63. The molecule has 2 aromatic rings. The summed E-state index contributed by atoms with van der Waals surface area (Å²) in [6, 6.07) is 0. The SMILES string of the molecule is CNc1nnc(CSc2nnnn2C)s1. The van der Waals surface area contributed by atoms with Gasteiger partial charge in [0.1, 0.15) is 5.01 Å². The number of anilines is 1. The molecule has 0 spiro atoms. The second-order valence-electron chi connectivity index (χ2n) is 2.62. The summed E-state index contributed by atoms with van der Waals surface area (Å²) in [5.41, 5.74) is 0. The fourth-order valence-electron chi connectivity index (χ4n) is 0.883. The average molecular weight is 243 g/mol. The fourth-order valence-corrected chi connectivity index (χ4v) is 2.41. The number of nitrogens with zero attached hydrogens (tertiary/aromatic N) is 6. The van der Waals surface area contributed by atoms with Gasteiger partial charge in [-0.15, -0.1) is 15.3 Å². The van der Waals surface area contributed by atoms with Gasteiger partial charge >= 0.3 is 0 Å². The first kappa shape index (κ1) is 10.3. The summed E-state index contributed by atoms with van der Waals surface area (Å²) < 4.78 is 1.63. The Bertz CT molecular complexity index is 436. The third-order valence-corrected chi connectivity index (χ3v) is 3.73. The minimum absolute atomic E-state index is 0.730. The van der Waals surface area contributed by atoms with Gasteiger partial charge in [0, 0.05) is 14.1 Å². The molecule has 0 aliphatic carbocycles. The Morgan fingerprint density at radius 2 is 2.27 bits per heavy atom. The monoisotopic (exact) mass is 243 g/mol. The number of aryl methyl sites for hydroxylation is 1. The summed E-state index contributed by atoms with van der Waals surface area (Å²) in [4.78, 5) is 0. The highest BCUT2D eigenvalue weighted by Crippen LogP contribution is 2.23. The van der Waals surface area contributed by atoms with E-state index in [0.29, 0.717) is 0 Å². The molecule has 2 aromatic heterocycles. The number of tetrazole rings is 1. The van der Waals surface area contributed by atoms with Gasteiger partial charge in [-0.3, -0.25) is 0 Å². The van der Waals surface area contributed by atoms with Crippen LogP contribution in [0.3, 0.4) is 0 Å². The summed E-state index contributed by atoms with van der Waals surface area (Å²) in [7, 11) is 3.63. The van der Waals surface area contributed by atoms with E-state index >= 15 is 0 Å². The number of aromatic nitrogens is 6. The second kappa shape index (κ2) is 4.53. The smallest absolute Gasteiger partial charge is 0.209 e. The highest BCUT2D eigenvalue weighted by Gasteiger charge is 2.07. The molecule has 0 atom stereocenters. The summed E-state index contributed by atoms with van der Waals surface area (Å²) in [5, 5.41) is 24.6. The number of thioether (sulfide) groups is 1. The normalized spacial score (nSPS) is 10.5. The van der Waals surface area contributed by atoms with Crippen molar-refractivity contribution < 1.29 is 0 Å². The van der Waals surface area contributed by atoms with Crippen LogP contribution < -0.4 is 5.32 Å². The third kappa shape index (κ3) is 2.42. The summed E-state index contributed by atoms with van der Waals surface area (Å²) in [6.45, 7) is 0. The lowest BCUT2D eigenvalue weighted by molar-refractivity contribution is 0.664. The van der Waals surface area contributed by atoms with Crippen LogP contribution in [0.4, 0.5) is 5.13 Å². The van der Waals surface area contributed by atoms with Crippen molar-refractivity contribution in [1.82, 2.24) is 30.4 Å². The molecule has 0 aliphatic rings. The minimum atomic E-state index is 0.730. The van der Waals surface area contributed by atoms with E-state index in [-0.39, 0.29) is 0 Å². The van der Waals surface area contributed by atoms with Gasteiger partial charge in [0.2, 0.25) is 10.3 Å². The van der Waals surface area contributed by atoms with E-state index in [1.165, 1.54) is 23.1 Å². The van der Waals surface area contributed by atoms with Crippen molar-refractivity contribution in [2.45, 2.75) is 10.9 Å². The zero-order valence-corrected chi connectivity index (χ0v) is 9.84. The molecular weight excluding hydrogens is 234 g/mol. The molecule has 0 fully saturated rings. The molecular formula is C6H9N7S2. The highest BCUT2D eigenvalue weighted by molar-refractivity contribution is 7.98. The van der Waals surface area contributed by atoms with E-state index in [2.05, 4.69) is 31.0 Å². The number of nitrogens with one attached hydrogen (secondary N) is 1. The van der Waals surface area contributed by atoms with Crippen LogP contribution in [0.15, 0.2) is 5.16 Å². The Labute approximate surface area is 94.3 Å². The van der Waals surface area contributed by atoms with Gasteiger partial charge in [0.25, 0.3) is 0 Å². The maximum absolute atomic E-state index is 4.02. The highest BCUT2D eigenvalue weighted by atomic mass is 32.2. The van der Waals surface area contributed by atoms with Gasteiger partial charge in [-0.2, -0.15) is 0 Å². The van der Waals surface area contributed by atoms with Crippen LogP contribution >= 0.6 is 23.1 Å². The van der Waals surface area contributed by atoms with Gasteiger partial charge in [-0.05, 0) is 10.4 Å². The van der Waals surface area contributed by atoms with Crippen LogP contribution in [-0.4, -0.2) is 37.5 Å². The largest absolute Gasteiger partial charge is 0.363 e. The summed E-state index contributed by atoms with van der Waals surface area (Å²) in [5.74, 6) is 0.730. The van der Waals surface area contributed by atoms with Crippen molar-refractivity contribution in [2.75, 3.05) is 12.4 Å². The Kier molecular flexibility index (Phi) is 3.11. The first-order valence-corrected chi connectivity index (χ1v) is 5.95. The van der Waals surface area contributed by atoms with Crippen LogP contribution in [-0.2, 0) is 12.8 Å². The Morgan fingerprint density at radius 3 is 2.87 bits per heavy atom. The van der Waals surface area contributed by atoms with Crippen LogP contribution in [0.5, 0.6) is 0 Å². The van der Waals surface area contributed by atoms with Crippen LogP contribution in [0.1, 0.15) is 5.01 Å². The topological polar surface area (TPSA) is 81.4 Å². The van der Waals surface area contributed by atoms with Crippen LogP contribution in [0.25, 0.3) is 0 Å². The van der Waals surface area contributed by atoms with E-state index in [4.69, 9.17) is 0 Å². The zero-order chi connectivity index (χ0) is 10.7. The van der Waals surface area contributed by atoms with Gasteiger partial charge < -0.3 is 5.32 Å². The predicted octanol–water partition coefficient (Wildman–Crippen LogP) is 0.396. The Morgan fingerprint density at radius 1 is 1.40 bits per heavy atom. The molecule has 15 heavy (non-hydrogen) atoms. The van der Waals surface area contributed by atoms with E-state index in [9.17, 15) is 0 Å². The van der Waals surface area contributed by atoms with E-state index in [1.807, 2.05) is 14.1 Å². The molecule has 2 rings (SSSR count). The summed E-state index contributed by atoms with van der Waals surface area (Å²) in [6.07, 6.45) is 0. The molecule has 7 nitrogen and oxygen atoms in total. The summed E-state index contributed by atoms with van der Waals surface area (Å²) >= 11 is 3.07. The van der Waals surface area contributed by atoms with Gasteiger partial charge in [-0.1, -0.05) is 23.1 Å².